The Hall–Kier alpha value is -3.99. The van der Waals surface area contributed by atoms with Gasteiger partial charge in [0.25, 0.3) is 11.8 Å². The van der Waals surface area contributed by atoms with E-state index in [0.29, 0.717) is 35.3 Å². The van der Waals surface area contributed by atoms with E-state index in [1.54, 1.807) is 13.3 Å². The maximum absolute atomic E-state index is 13.6. The van der Waals surface area contributed by atoms with Crippen LogP contribution in [-0.2, 0) is 11.3 Å². The molecule has 188 valence electrons. The number of amides is 2. The van der Waals surface area contributed by atoms with Crippen LogP contribution in [0.25, 0.3) is 11.6 Å². The fourth-order valence-corrected chi connectivity index (χ4v) is 4.20. The molecule has 0 unspecified atom stereocenters. The van der Waals surface area contributed by atoms with Crippen LogP contribution in [-0.4, -0.2) is 50.4 Å². The van der Waals surface area contributed by atoms with Gasteiger partial charge < -0.3 is 20.8 Å². The minimum absolute atomic E-state index is 0.0345. The number of methoxy groups -OCH3 is 1. The number of carbonyl (C=O) groups is 2. The number of aromatic amines is 1. The highest BCUT2D eigenvalue weighted by Crippen LogP contribution is 2.41. The number of rotatable bonds is 7. The van der Waals surface area contributed by atoms with Gasteiger partial charge in [-0.3, -0.25) is 19.5 Å². The molecule has 3 aromatic heterocycles. The van der Waals surface area contributed by atoms with Crippen LogP contribution in [0.4, 0.5) is 11.8 Å². The predicted octanol–water partition coefficient (Wildman–Crippen LogP) is 2.93. The number of H-pyrrole nitrogens is 1. The number of nitrogens with zero attached hydrogens (tertiary/aromatic N) is 5. The van der Waals surface area contributed by atoms with E-state index in [0.717, 1.165) is 11.1 Å². The lowest BCUT2D eigenvalue weighted by Crippen LogP contribution is -2.27. The van der Waals surface area contributed by atoms with Crippen LogP contribution < -0.4 is 20.7 Å². The summed E-state index contributed by atoms with van der Waals surface area (Å²) in [5.74, 6) is 0.844. The number of halogens is 1. The molecule has 4 rings (SSSR count). The first-order chi connectivity index (χ1) is 17.1. The number of fused-ring (bicyclic) bond motifs is 1. The molecule has 0 aromatic carbocycles. The third-order valence-electron chi connectivity index (χ3n) is 5.71. The molecule has 0 bridgehead atoms. The summed E-state index contributed by atoms with van der Waals surface area (Å²) in [7, 11) is 1.59. The molecule has 3 aromatic rings. The van der Waals surface area contributed by atoms with E-state index in [-0.39, 0.29) is 46.5 Å². The van der Waals surface area contributed by atoms with E-state index >= 15 is 0 Å². The first-order valence-corrected chi connectivity index (χ1v) is 11.7. The number of nitrogen functional groups attached to an aromatic ring is 1. The SMILES string of the molecule is COc1c(C)cnc(CN2C(=O)C(=Cc3ncc(C(=O)NCC(C)C)[nH]3)c3c(Cl)nc(N)nc32)c1C. The van der Waals surface area contributed by atoms with Gasteiger partial charge in [0.05, 0.1) is 36.7 Å². The Bertz CT molecular complexity index is 1380. The van der Waals surface area contributed by atoms with Gasteiger partial charge in [0, 0.05) is 23.9 Å². The smallest absolute Gasteiger partial charge is 0.269 e. The molecule has 0 radical (unpaired) electrons. The number of hydrogen-bond acceptors (Lipinski definition) is 8. The molecule has 1 aliphatic rings. The van der Waals surface area contributed by atoms with Gasteiger partial charge in [-0.2, -0.15) is 4.98 Å². The summed E-state index contributed by atoms with van der Waals surface area (Å²) in [6, 6.07) is 0. The normalized spacial score (nSPS) is 14.0. The Morgan fingerprint density at radius 1 is 1.28 bits per heavy atom. The lowest BCUT2D eigenvalue weighted by Gasteiger charge is -2.19. The molecule has 0 saturated carbocycles. The highest BCUT2D eigenvalue weighted by molar-refractivity contribution is 6.41. The molecule has 36 heavy (non-hydrogen) atoms. The molecule has 0 spiro atoms. The average molecular weight is 511 g/mol. The van der Waals surface area contributed by atoms with Gasteiger partial charge in [0.15, 0.2) is 5.82 Å². The average Bonchev–Trinajstić information content (AvgIpc) is 3.38. The number of hydrogen-bond donors (Lipinski definition) is 3. The van der Waals surface area contributed by atoms with Crippen LogP contribution in [0.1, 0.15) is 52.5 Å². The Morgan fingerprint density at radius 2 is 2.03 bits per heavy atom. The zero-order valence-electron chi connectivity index (χ0n) is 20.6. The lowest BCUT2D eigenvalue weighted by atomic mass is 10.1. The fraction of sp³-hybridized carbons (Fsp3) is 0.333. The molecular weight excluding hydrogens is 484 g/mol. The van der Waals surface area contributed by atoms with Crippen molar-refractivity contribution in [3.05, 3.63) is 51.4 Å². The minimum Gasteiger partial charge on any atom is -0.496 e. The van der Waals surface area contributed by atoms with Crippen molar-refractivity contribution in [1.29, 1.82) is 0 Å². The minimum atomic E-state index is -0.380. The zero-order valence-corrected chi connectivity index (χ0v) is 21.4. The van der Waals surface area contributed by atoms with Gasteiger partial charge in [0.1, 0.15) is 22.4 Å². The van der Waals surface area contributed by atoms with Gasteiger partial charge in [-0.25, -0.2) is 9.97 Å². The fourth-order valence-electron chi connectivity index (χ4n) is 3.93. The molecular formula is C24H27ClN8O3. The van der Waals surface area contributed by atoms with E-state index in [2.05, 4.69) is 30.2 Å². The van der Waals surface area contributed by atoms with E-state index < -0.39 is 0 Å². The maximum Gasteiger partial charge on any atom is 0.269 e. The highest BCUT2D eigenvalue weighted by Gasteiger charge is 2.37. The van der Waals surface area contributed by atoms with E-state index in [1.165, 1.54) is 17.2 Å². The molecule has 0 fully saturated rings. The number of nitrogens with two attached hydrogens (primary N) is 1. The number of nitrogens with one attached hydrogen (secondary N) is 2. The molecule has 4 N–H and O–H groups in total. The van der Waals surface area contributed by atoms with Gasteiger partial charge in [-0.05, 0) is 25.8 Å². The maximum atomic E-state index is 13.6. The summed E-state index contributed by atoms with van der Waals surface area (Å²) in [4.78, 5) is 47.4. The van der Waals surface area contributed by atoms with Crippen LogP contribution in [0.15, 0.2) is 12.4 Å². The van der Waals surface area contributed by atoms with Crippen molar-refractivity contribution in [3.63, 3.8) is 0 Å². The Balaban J connectivity index is 1.72. The Labute approximate surface area is 213 Å². The second kappa shape index (κ2) is 9.94. The number of anilines is 2. The molecule has 2 amide bonds. The topological polar surface area (TPSA) is 152 Å². The van der Waals surface area contributed by atoms with Crippen molar-refractivity contribution in [1.82, 2.24) is 30.2 Å². The van der Waals surface area contributed by atoms with Crippen LogP contribution in [0, 0.1) is 19.8 Å². The van der Waals surface area contributed by atoms with Crippen LogP contribution in [0.5, 0.6) is 5.75 Å². The van der Waals surface area contributed by atoms with Crippen molar-refractivity contribution >= 4 is 46.8 Å². The second-order valence-corrected chi connectivity index (χ2v) is 9.21. The third kappa shape index (κ3) is 4.74. The third-order valence-corrected chi connectivity index (χ3v) is 5.99. The van der Waals surface area contributed by atoms with Crippen molar-refractivity contribution < 1.29 is 14.3 Å². The van der Waals surface area contributed by atoms with Gasteiger partial charge in [-0.15, -0.1) is 0 Å². The quantitative estimate of drug-likeness (QED) is 0.324. The van der Waals surface area contributed by atoms with Gasteiger partial charge in [-0.1, -0.05) is 25.4 Å². The highest BCUT2D eigenvalue weighted by atomic mass is 35.5. The number of carbonyl (C=O) groups excluding carboxylic acids is 2. The molecule has 11 nitrogen and oxygen atoms in total. The molecule has 1 aliphatic heterocycles. The summed E-state index contributed by atoms with van der Waals surface area (Å²) in [6.07, 6.45) is 4.62. The van der Waals surface area contributed by atoms with Gasteiger partial charge in [0.2, 0.25) is 5.95 Å². The second-order valence-electron chi connectivity index (χ2n) is 8.85. The van der Waals surface area contributed by atoms with E-state index in [4.69, 9.17) is 22.1 Å². The lowest BCUT2D eigenvalue weighted by molar-refractivity contribution is -0.113. The summed E-state index contributed by atoms with van der Waals surface area (Å²) in [5.41, 5.74) is 8.99. The molecule has 0 atom stereocenters. The molecule has 0 aliphatic carbocycles. The van der Waals surface area contributed by atoms with Crippen LogP contribution >= 0.6 is 11.6 Å². The summed E-state index contributed by atoms with van der Waals surface area (Å²) >= 11 is 6.41. The number of aryl methyl sites for hydroxylation is 1. The Kier molecular flexibility index (Phi) is 6.93. The predicted molar refractivity (Wildman–Crippen MR) is 137 cm³/mol. The number of aromatic nitrogens is 5. The molecule has 0 saturated heterocycles. The first kappa shape index (κ1) is 25.1. The monoisotopic (exact) mass is 510 g/mol. The van der Waals surface area contributed by atoms with Crippen molar-refractivity contribution in [2.45, 2.75) is 34.2 Å². The van der Waals surface area contributed by atoms with Crippen molar-refractivity contribution in [2.24, 2.45) is 5.92 Å². The number of imidazole rings is 1. The summed E-state index contributed by atoms with van der Waals surface area (Å²) in [5, 5.41) is 2.85. The standard InChI is InChI=1S/C24H27ClN8O3/c1-11(2)7-29-22(34)15-9-28-17(30-15)6-14-18-20(25)31-24(26)32-21(18)33(23(14)35)10-16-13(4)19(36-5)12(3)8-27-16/h6,8-9,11H,7,10H2,1-5H3,(H,28,30)(H,29,34)(H2,26,31,32). The van der Waals surface area contributed by atoms with Crippen LogP contribution in [0.3, 0.4) is 0 Å². The number of pyridine rings is 1. The molecule has 4 heterocycles. The summed E-state index contributed by atoms with van der Waals surface area (Å²) < 4.78 is 5.50. The van der Waals surface area contributed by atoms with E-state index in [1.807, 2.05) is 27.7 Å². The van der Waals surface area contributed by atoms with Crippen molar-refractivity contribution in [3.8, 4) is 5.75 Å². The van der Waals surface area contributed by atoms with E-state index in [9.17, 15) is 9.59 Å². The Morgan fingerprint density at radius 3 is 2.72 bits per heavy atom. The largest absolute Gasteiger partial charge is 0.496 e. The van der Waals surface area contributed by atoms with Crippen molar-refractivity contribution in [2.75, 3.05) is 24.3 Å². The first-order valence-electron chi connectivity index (χ1n) is 11.3. The zero-order chi connectivity index (χ0) is 26.1. The number of ether oxygens (including phenoxy) is 1. The summed E-state index contributed by atoms with van der Waals surface area (Å²) in [6.45, 7) is 8.41. The van der Waals surface area contributed by atoms with Gasteiger partial charge >= 0.3 is 0 Å². The van der Waals surface area contributed by atoms with Crippen LogP contribution in [0.2, 0.25) is 5.15 Å². The molecule has 12 heteroatoms.